The quantitative estimate of drug-likeness (QED) is 0.816. The minimum absolute atomic E-state index is 0.0205. The van der Waals surface area contributed by atoms with Crippen LogP contribution in [-0.2, 0) is 4.79 Å². The molecular weight excluding hydrogens is 292 g/mol. The molecular formula is C15H21ClN2OS. The molecule has 1 aromatic carbocycles. The lowest BCUT2D eigenvalue weighted by Crippen LogP contribution is -2.48. The molecule has 1 saturated heterocycles. The molecule has 0 radical (unpaired) electrons. The molecule has 1 amide bonds. The SMILES string of the molecule is CC(C)Sc1c(Cl)cccc1NC(=O)C(C)C1CNC1. The van der Waals surface area contributed by atoms with E-state index in [-0.39, 0.29) is 11.8 Å². The normalized spacial score (nSPS) is 16.9. The molecule has 1 aromatic rings. The lowest BCUT2D eigenvalue weighted by Gasteiger charge is -2.31. The third-order valence-electron chi connectivity index (χ3n) is 3.51. The summed E-state index contributed by atoms with van der Waals surface area (Å²) in [6.07, 6.45) is 0. The molecule has 0 aromatic heterocycles. The Balaban J connectivity index is 2.11. The molecule has 5 heteroatoms. The molecule has 3 nitrogen and oxygen atoms in total. The van der Waals surface area contributed by atoms with Crippen LogP contribution in [0.5, 0.6) is 0 Å². The maximum atomic E-state index is 12.3. The van der Waals surface area contributed by atoms with E-state index in [1.807, 2.05) is 25.1 Å². The fraction of sp³-hybridized carbons (Fsp3) is 0.533. The lowest BCUT2D eigenvalue weighted by molar-refractivity contribution is -0.121. The zero-order valence-corrected chi connectivity index (χ0v) is 13.6. The molecule has 1 unspecified atom stereocenters. The highest BCUT2D eigenvalue weighted by atomic mass is 35.5. The first kappa shape index (κ1) is 15.7. The van der Waals surface area contributed by atoms with Gasteiger partial charge in [-0.3, -0.25) is 4.79 Å². The van der Waals surface area contributed by atoms with Crippen LogP contribution in [0.15, 0.2) is 23.1 Å². The summed E-state index contributed by atoms with van der Waals surface area (Å²) in [6.45, 7) is 8.07. The van der Waals surface area contributed by atoms with E-state index in [4.69, 9.17) is 11.6 Å². The summed E-state index contributed by atoms with van der Waals surface area (Å²) in [4.78, 5) is 13.3. The van der Waals surface area contributed by atoms with Crippen molar-refractivity contribution in [3.05, 3.63) is 23.2 Å². The van der Waals surface area contributed by atoms with Crippen LogP contribution in [0, 0.1) is 11.8 Å². The number of anilines is 1. The van der Waals surface area contributed by atoms with Gasteiger partial charge >= 0.3 is 0 Å². The summed E-state index contributed by atoms with van der Waals surface area (Å²) in [5.41, 5.74) is 0.820. The van der Waals surface area contributed by atoms with Crippen LogP contribution < -0.4 is 10.6 Å². The number of hydrogen-bond donors (Lipinski definition) is 2. The van der Waals surface area contributed by atoms with E-state index in [0.29, 0.717) is 16.2 Å². The van der Waals surface area contributed by atoms with Crippen LogP contribution in [-0.4, -0.2) is 24.2 Å². The highest BCUT2D eigenvalue weighted by molar-refractivity contribution is 8.00. The zero-order chi connectivity index (χ0) is 14.7. The lowest BCUT2D eigenvalue weighted by atomic mass is 9.88. The van der Waals surface area contributed by atoms with Gasteiger partial charge in [-0.1, -0.05) is 38.4 Å². The molecule has 2 rings (SSSR count). The molecule has 2 N–H and O–H groups in total. The van der Waals surface area contributed by atoms with Crippen LogP contribution in [0.2, 0.25) is 5.02 Å². The van der Waals surface area contributed by atoms with Crippen molar-refractivity contribution in [3.8, 4) is 0 Å². The summed E-state index contributed by atoms with van der Waals surface area (Å²) in [7, 11) is 0. The minimum Gasteiger partial charge on any atom is -0.325 e. The van der Waals surface area contributed by atoms with Crippen molar-refractivity contribution in [2.45, 2.75) is 30.9 Å². The van der Waals surface area contributed by atoms with E-state index in [1.54, 1.807) is 11.8 Å². The molecule has 20 heavy (non-hydrogen) atoms. The van der Waals surface area contributed by atoms with Crippen LogP contribution in [0.1, 0.15) is 20.8 Å². The number of carbonyl (C=O) groups is 1. The van der Waals surface area contributed by atoms with Gasteiger partial charge in [0.1, 0.15) is 0 Å². The summed E-state index contributed by atoms with van der Waals surface area (Å²) in [5, 5.41) is 7.35. The van der Waals surface area contributed by atoms with Gasteiger partial charge in [0.05, 0.1) is 10.7 Å². The third kappa shape index (κ3) is 3.68. The average molecular weight is 313 g/mol. The van der Waals surface area contributed by atoms with Crippen LogP contribution in [0.4, 0.5) is 5.69 Å². The Kier molecular flexibility index (Phi) is 5.35. The second kappa shape index (κ2) is 6.83. The number of benzene rings is 1. The second-order valence-electron chi connectivity index (χ2n) is 5.48. The minimum atomic E-state index is 0.0205. The first-order valence-electron chi connectivity index (χ1n) is 6.95. The third-order valence-corrected chi connectivity index (χ3v) is 5.09. The maximum Gasteiger partial charge on any atom is 0.227 e. The second-order valence-corrected chi connectivity index (χ2v) is 7.47. The van der Waals surface area contributed by atoms with E-state index in [2.05, 4.69) is 24.5 Å². The van der Waals surface area contributed by atoms with Gasteiger partial charge in [-0.05, 0) is 31.1 Å². The molecule has 1 atom stereocenters. The first-order valence-corrected chi connectivity index (χ1v) is 8.21. The maximum absolute atomic E-state index is 12.3. The van der Waals surface area contributed by atoms with Gasteiger partial charge in [-0.25, -0.2) is 0 Å². The van der Waals surface area contributed by atoms with Crippen molar-refractivity contribution in [3.63, 3.8) is 0 Å². The van der Waals surface area contributed by atoms with Crippen molar-refractivity contribution < 1.29 is 4.79 Å². The van der Waals surface area contributed by atoms with Crippen molar-refractivity contribution in [1.29, 1.82) is 0 Å². The van der Waals surface area contributed by atoms with E-state index >= 15 is 0 Å². The van der Waals surface area contributed by atoms with Gasteiger partial charge in [0.25, 0.3) is 0 Å². The number of carbonyl (C=O) groups excluding carboxylic acids is 1. The van der Waals surface area contributed by atoms with E-state index in [0.717, 1.165) is 23.7 Å². The number of thioether (sulfide) groups is 1. The largest absolute Gasteiger partial charge is 0.325 e. The highest BCUT2D eigenvalue weighted by Gasteiger charge is 2.29. The van der Waals surface area contributed by atoms with Crippen molar-refractivity contribution >= 4 is 35.0 Å². The smallest absolute Gasteiger partial charge is 0.227 e. The van der Waals surface area contributed by atoms with Crippen LogP contribution >= 0.6 is 23.4 Å². The molecule has 0 aliphatic carbocycles. The fourth-order valence-corrected chi connectivity index (χ4v) is 3.29. The summed E-state index contributed by atoms with van der Waals surface area (Å²) in [6, 6.07) is 5.65. The fourth-order valence-electron chi connectivity index (χ4n) is 2.09. The summed E-state index contributed by atoms with van der Waals surface area (Å²) >= 11 is 7.93. The van der Waals surface area contributed by atoms with E-state index in [9.17, 15) is 4.79 Å². The van der Waals surface area contributed by atoms with Gasteiger partial charge in [0.2, 0.25) is 5.91 Å². The Hall–Kier alpha value is -0.710. The molecule has 110 valence electrons. The van der Waals surface area contributed by atoms with Gasteiger partial charge in [-0.2, -0.15) is 0 Å². The van der Waals surface area contributed by atoms with Crippen molar-refractivity contribution in [2.24, 2.45) is 11.8 Å². The molecule has 1 aliphatic heterocycles. The zero-order valence-electron chi connectivity index (χ0n) is 12.1. The van der Waals surface area contributed by atoms with E-state index in [1.165, 1.54) is 0 Å². The highest BCUT2D eigenvalue weighted by Crippen LogP contribution is 2.37. The Morgan fingerprint density at radius 3 is 2.65 bits per heavy atom. The predicted molar refractivity (Wildman–Crippen MR) is 86.6 cm³/mol. The standard InChI is InChI=1S/C15H21ClN2OS/c1-9(2)20-14-12(16)5-4-6-13(14)18-15(19)10(3)11-7-17-8-11/h4-6,9-11,17H,7-8H2,1-3H3,(H,18,19). The molecule has 0 bridgehead atoms. The summed E-state index contributed by atoms with van der Waals surface area (Å²) in [5.74, 6) is 0.534. The van der Waals surface area contributed by atoms with Gasteiger partial charge in [-0.15, -0.1) is 11.8 Å². The molecule has 0 saturated carbocycles. The van der Waals surface area contributed by atoms with Gasteiger partial charge < -0.3 is 10.6 Å². The molecule has 1 aliphatic rings. The number of hydrogen-bond acceptors (Lipinski definition) is 3. The predicted octanol–water partition coefficient (Wildman–Crippen LogP) is 3.63. The van der Waals surface area contributed by atoms with Crippen LogP contribution in [0.25, 0.3) is 0 Å². The Labute approximate surface area is 129 Å². The number of rotatable bonds is 5. The monoisotopic (exact) mass is 312 g/mol. The van der Waals surface area contributed by atoms with Crippen molar-refractivity contribution in [1.82, 2.24) is 5.32 Å². The molecule has 1 fully saturated rings. The van der Waals surface area contributed by atoms with Crippen molar-refractivity contribution in [2.75, 3.05) is 18.4 Å². The Morgan fingerprint density at radius 1 is 1.40 bits per heavy atom. The first-order chi connectivity index (χ1) is 9.49. The van der Waals surface area contributed by atoms with Crippen LogP contribution in [0.3, 0.4) is 0 Å². The Morgan fingerprint density at radius 2 is 2.10 bits per heavy atom. The molecule has 0 spiro atoms. The Bertz CT molecular complexity index is 489. The molecule has 1 heterocycles. The van der Waals surface area contributed by atoms with Gasteiger partial charge in [0, 0.05) is 16.1 Å². The van der Waals surface area contributed by atoms with E-state index < -0.39 is 0 Å². The number of nitrogens with one attached hydrogen (secondary N) is 2. The number of halogens is 1. The average Bonchev–Trinajstić information content (AvgIpc) is 2.30. The topological polar surface area (TPSA) is 41.1 Å². The number of amides is 1. The summed E-state index contributed by atoms with van der Waals surface area (Å²) < 4.78 is 0. The van der Waals surface area contributed by atoms with Gasteiger partial charge in [0.15, 0.2) is 0 Å².